The summed E-state index contributed by atoms with van der Waals surface area (Å²) in [5.41, 5.74) is 3.32. The summed E-state index contributed by atoms with van der Waals surface area (Å²) in [7, 11) is 3.55. The number of amides is 1. The van der Waals surface area contributed by atoms with Crippen LogP contribution >= 0.6 is 0 Å². The number of aromatic nitrogens is 4. The molecule has 1 aliphatic rings. The van der Waals surface area contributed by atoms with E-state index in [9.17, 15) is 14.0 Å². The molecule has 1 N–H and O–H groups in total. The summed E-state index contributed by atoms with van der Waals surface area (Å²) >= 11 is 0. The summed E-state index contributed by atoms with van der Waals surface area (Å²) < 4.78 is 23.3. The van der Waals surface area contributed by atoms with E-state index in [-0.39, 0.29) is 23.7 Å². The van der Waals surface area contributed by atoms with Crippen LogP contribution in [0.5, 0.6) is 0 Å². The van der Waals surface area contributed by atoms with Crippen molar-refractivity contribution in [3.05, 3.63) is 77.8 Å². The number of ketones is 1. The van der Waals surface area contributed by atoms with Crippen LogP contribution in [0, 0.1) is 5.82 Å². The molecule has 198 valence electrons. The van der Waals surface area contributed by atoms with Crippen molar-refractivity contribution in [3.8, 4) is 11.1 Å². The summed E-state index contributed by atoms with van der Waals surface area (Å²) in [6.07, 6.45) is 8.96. The van der Waals surface area contributed by atoms with Gasteiger partial charge in [-0.15, -0.1) is 0 Å². The van der Waals surface area contributed by atoms with E-state index in [0.717, 1.165) is 37.1 Å². The van der Waals surface area contributed by atoms with Gasteiger partial charge in [0.1, 0.15) is 17.2 Å². The maximum atomic E-state index is 14.6. The molecule has 4 heterocycles. The zero-order chi connectivity index (χ0) is 26.6. The number of rotatable bonds is 10. The number of nitrogens with one attached hydrogen (secondary N) is 1. The third-order valence-electron chi connectivity index (χ3n) is 7.04. The number of hydrogen-bond donors (Lipinski definition) is 1. The summed E-state index contributed by atoms with van der Waals surface area (Å²) in [5, 5.41) is 7.10. The number of aryl methyl sites for hydroxylation is 1. The van der Waals surface area contributed by atoms with Crippen molar-refractivity contribution < 1.29 is 18.7 Å². The van der Waals surface area contributed by atoms with Gasteiger partial charge in [0.2, 0.25) is 0 Å². The SMILES string of the molecule is COC[C@H]1CCCN1CCNC(=O)c1ccc(F)c(CC(=O)c2cnc3cc(-c4cnn(C)c4)ccn23)c1. The number of hydrogen-bond acceptors (Lipinski definition) is 6. The molecule has 0 aliphatic carbocycles. The highest BCUT2D eigenvalue weighted by Crippen LogP contribution is 2.22. The fourth-order valence-corrected chi connectivity index (χ4v) is 5.04. The molecule has 1 aliphatic heterocycles. The van der Waals surface area contributed by atoms with Crippen molar-refractivity contribution in [2.75, 3.05) is 33.4 Å². The number of pyridine rings is 1. The summed E-state index contributed by atoms with van der Waals surface area (Å²) in [5.74, 6) is -1.11. The van der Waals surface area contributed by atoms with Gasteiger partial charge in [-0.1, -0.05) is 0 Å². The minimum Gasteiger partial charge on any atom is -0.383 e. The van der Waals surface area contributed by atoms with Gasteiger partial charge < -0.3 is 10.1 Å². The molecule has 9 nitrogen and oxygen atoms in total. The number of carbonyl (C=O) groups is 2. The first kappa shape index (κ1) is 25.7. The van der Waals surface area contributed by atoms with Crippen LogP contribution in [-0.4, -0.2) is 75.1 Å². The molecule has 0 spiro atoms. The van der Waals surface area contributed by atoms with E-state index in [2.05, 4.69) is 20.3 Å². The van der Waals surface area contributed by atoms with Gasteiger partial charge in [0.15, 0.2) is 5.78 Å². The summed E-state index contributed by atoms with van der Waals surface area (Å²) in [4.78, 5) is 32.6. The molecule has 4 aromatic rings. The zero-order valence-corrected chi connectivity index (χ0v) is 21.6. The first-order valence-corrected chi connectivity index (χ1v) is 12.7. The Kier molecular flexibility index (Phi) is 7.62. The van der Waals surface area contributed by atoms with Crippen LogP contribution in [-0.2, 0) is 18.2 Å². The Morgan fingerprint density at radius 3 is 2.84 bits per heavy atom. The molecule has 3 aromatic heterocycles. The minimum atomic E-state index is -0.526. The van der Waals surface area contributed by atoms with Gasteiger partial charge in [0.05, 0.1) is 19.0 Å². The average molecular weight is 519 g/mol. The third kappa shape index (κ3) is 5.51. The highest BCUT2D eigenvalue weighted by molar-refractivity contribution is 5.98. The Bertz CT molecular complexity index is 1460. The molecule has 1 atom stereocenters. The topological polar surface area (TPSA) is 93.8 Å². The van der Waals surface area contributed by atoms with E-state index >= 15 is 0 Å². The Labute approximate surface area is 220 Å². The number of imidazole rings is 1. The number of carbonyl (C=O) groups excluding carboxylic acids is 2. The molecule has 0 bridgehead atoms. The fourth-order valence-electron chi connectivity index (χ4n) is 5.04. The fraction of sp³-hybridized carbons (Fsp3) is 0.357. The number of fused-ring (bicyclic) bond motifs is 1. The number of halogens is 1. The van der Waals surface area contributed by atoms with Gasteiger partial charge in [0, 0.05) is 63.2 Å². The minimum absolute atomic E-state index is 0.171. The van der Waals surface area contributed by atoms with Crippen molar-refractivity contribution >= 4 is 17.3 Å². The Hall–Kier alpha value is -3.89. The molecule has 0 unspecified atom stereocenters. The zero-order valence-electron chi connectivity index (χ0n) is 21.6. The number of ether oxygens (including phenoxy) is 1. The second kappa shape index (κ2) is 11.2. The molecule has 5 rings (SSSR count). The quantitative estimate of drug-likeness (QED) is 0.324. The Balaban J connectivity index is 1.24. The normalized spacial score (nSPS) is 15.8. The number of Topliss-reactive ketones (excluding diaryl/α,β-unsaturated/α-hetero) is 1. The lowest BCUT2D eigenvalue weighted by Crippen LogP contribution is -2.39. The third-order valence-corrected chi connectivity index (χ3v) is 7.04. The first-order chi connectivity index (χ1) is 18.4. The van der Waals surface area contributed by atoms with E-state index in [1.807, 2.05) is 25.4 Å². The van der Waals surface area contributed by atoms with Crippen molar-refractivity contribution in [1.29, 1.82) is 0 Å². The van der Waals surface area contributed by atoms with Crippen LogP contribution in [0.1, 0.15) is 39.3 Å². The maximum absolute atomic E-state index is 14.6. The van der Waals surface area contributed by atoms with Gasteiger partial charge in [-0.25, -0.2) is 9.37 Å². The highest BCUT2D eigenvalue weighted by atomic mass is 19.1. The van der Waals surface area contributed by atoms with Crippen LogP contribution < -0.4 is 5.32 Å². The smallest absolute Gasteiger partial charge is 0.251 e. The second-order valence-corrected chi connectivity index (χ2v) is 9.64. The average Bonchev–Trinajstić information content (AvgIpc) is 3.65. The van der Waals surface area contributed by atoms with E-state index in [4.69, 9.17) is 4.74 Å². The summed E-state index contributed by atoms with van der Waals surface area (Å²) in [6, 6.07) is 8.27. The number of likely N-dealkylation sites (tertiary alicyclic amines) is 1. The van der Waals surface area contributed by atoms with Gasteiger partial charge in [-0.3, -0.25) is 23.6 Å². The standard InChI is InChI=1S/C28H31FN6O3/c1-33-17-22(15-32-33)19-7-10-35-25(16-31-27(35)14-19)26(36)13-21-12-20(5-6-24(21)29)28(37)30-8-11-34-9-3-4-23(34)18-38-2/h5-7,10,12,14-17,23H,3-4,8-9,11,13,18H2,1-2H3,(H,30,37)/t23-/m1/s1. The van der Waals surface area contributed by atoms with Crippen molar-refractivity contribution in [2.24, 2.45) is 7.05 Å². The molecule has 1 saturated heterocycles. The van der Waals surface area contributed by atoms with Crippen LogP contribution in [0.2, 0.25) is 0 Å². The molecule has 1 fully saturated rings. The van der Waals surface area contributed by atoms with E-state index < -0.39 is 5.82 Å². The van der Waals surface area contributed by atoms with Crippen molar-refractivity contribution in [2.45, 2.75) is 25.3 Å². The Morgan fingerprint density at radius 2 is 2.05 bits per heavy atom. The monoisotopic (exact) mass is 518 g/mol. The molecule has 0 saturated carbocycles. The predicted molar refractivity (Wildman–Crippen MR) is 141 cm³/mol. The molecule has 1 aromatic carbocycles. The van der Waals surface area contributed by atoms with Gasteiger partial charge in [-0.05, 0) is 60.8 Å². The second-order valence-electron chi connectivity index (χ2n) is 9.64. The van der Waals surface area contributed by atoms with Crippen molar-refractivity contribution in [3.63, 3.8) is 0 Å². The molecule has 10 heteroatoms. The molecule has 1 amide bonds. The Morgan fingerprint density at radius 1 is 1.18 bits per heavy atom. The van der Waals surface area contributed by atoms with E-state index in [1.165, 1.54) is 24.4 Å². The van der Waals surface area contributed by atoms with Gasteiger partial charge in [-0.2, -0.15) is 5.10 Å². The first-order valence-electron chi connectivity index (χ1n) is 12.7. The highest BCUT2D eigenvalue weighted by Gasteiger charge is 2.24. The van der Waals surface area contributed by atoms with E-state index in [0.29, 0.717) is 36.1 Å². The molecule has 38 heavy (non-hydrogen) atoms. The molecule has 0 radical (unpaired) electrons. The van der Waals surface area contributed by atoms with E-state index in [1.54, 1.807) is 28.6 Å². The summed E-state index contributed by atoms with van der Waals surface area (Å²) in [6.45, 7) is 2.87. The lowest BCUT2D eigenvalue weighted by Gasteiger charge is -2.23. The molecular formula is C28H31FN6O3. The lowest BCUT2D eigenvalue weighted by molar-refractivity contribution is 0.0929. The van der Waals surface area contributed by atoms with Gasteiger partial charge >= 0.3 is 0 Å². The van der Waals surface area contributed by atoms with Crippen molar-refractivity contribution in [1.82, 2.24) is 29.4 Å². The number of nitrogens with zero attached hydrogens (tertiary/aromatic N) is 5. The van der Waals surface area contributed by atoms with Crippen LogP contribution in [0.25, 0.3) is 16.8 Å². The van der Waals surface area contributed by atoms with Crippen LogP contribution in [0.15, 0.2) is 55.1 Å². The maximum Gasteiger partial charge on any atom is 0.251 e. The largest absolute Gasteiger partial charge is 0.383 e. The number of methoxy groups -OCH3 is 1. The number of benzene rings is 1. The predicted octanol–water partition coefficient (Wildman–Crippen LogP) is 3.14. The molecular weight excluding hydrogens is 487 g/mol. The van der Waals surface area contributed by atoms with Crippen LogP contribution in [0.4, 0.5) is 4.39 Å². The van der Waals surface area contributed by atoms with Gasteiger partial charge in [0.25, 0.3) is 5.91 Å². The van der Waals surface area contributed by atoms with Crippen LogP contribution in [0.3, 0.4) is 0 Å². The lowest BCUT2D eigenvalue weighted by atomic mass is 10.0.